The molecule has 1 unspecified atom stereocenters. The molecule has 6 heteroatoms. The van der Waals surface area contributed by atoms with Gasteiger partial charge in [0, 0.05) is 18.2 Å². The predicted octanol–water partition coefficient (Wildman–Crippen LogP) is 1.46. The van der Waals surface area contributed by atoms with Gasteiger partial charge in [0.25, 0.3) is 0 Å². The molecule has 0 saturated carbocycles. The van der Waals surface area contributed by atoms with Crippen LogP contribution in [0, 0.1) is 0 Å². The SMILES string of the molecule is Nc1nc(Br)ccc1N1CC(S)CC1=O. The topological polar surface area (TPSA) is 59.2 Å². The second kappa shape index (κ2) is 4.02. The average molecular weight is 288 g/mol. The summed E-state index contributed by atoms with van der Waals surface area (Å²) in [6.07, 6.45) is 0.457. The molecule has 0 radical (unpaired) electrons. The summed E-state index contributed by atoms with van der Waals surface area (Å²) in [5, 5.41) is 0.0838. The fourth-order valence-corrected chi connectivity index (χ4v) is 2.24. The summed E-state index contributed by atoms with van der Waals surface area (Å²) >= 11 is 7.50. The van der Waals surface area contributed by atoms with Gasteiger partial charge >= 0.3 is 0 Å². The van der Waals surface area contributed by atoms with Crippen LogP contribution in [0.1, 0.15) is 6.42 Å². The van der Waals surface area contributed by atoms with Crippen molar-refractivity contribution in [2.75, 3.05) is 17.2 Å². The third-order valence-electron chi connectivity index (χ3n) is 2.26. The Kier molecular flexibility index (Phi) is 2.88. The van der Waals surface area contributed by atoms with Gasteiger partial charge in [-0.3, -0.25) is 4.79 Å². The first-order valence-corrected chi connectivity index (χ1v) is 5.79. The first-order valence-electron chi connectivity index (χ1n) is 4.48. The molecule has 2 heterocycles. The van der Waals surface area contributed by atoms with Gasteiger partial charge < -0.3 is 10.6 Å². The van der Waals surface area contributed by atoms with Crippen molar-refractivity contribution >= 4 is 46.0 Å². The smallest absolute Gasteiger partial charge is 0.228 e. The van der Waals surface area contributed by atoms with Crippen LogP contribution < -0.4 is 10.6 Å². The maximum atomic E-state index is 11.6. The lowest BCUT2D eigenvalue weighted by molar-refractivity contribution is -0.117. The number of rotatable bonds is 1. The minimum absolute atomic E-state index is 0.0471. The molecule has 15 heavy (non-hydrogen) atoms. The lowest BCUT2D eigenvalue weighted by Gasteiger charge is -2.17. The summed E-state index contributed by atoms with van der Waals surface area (Å²) < 4.78 is 0.665. The van der Waals surface area contributed by atoms with Crippen LogP contribution >= 0.6 is 28.6 Å². The van der Waals surface area contributed by atoms with Crippen LogP contribution in [0.15, 0.2) is 16.7 Å². The highest BCUT2D eigenvalue weighted by atomic mass is 79.9. The van der Waals surface area contributed by atoms with Crippen LogP contribution in [0.25, 0.3) is 0 Å². The van der Waals surface area contributed by atoms with E-state index in [4.69, 9.17) is 5.73 Å². The van der Waals surface area contributed by atoms with Gasteiger partial charge in [0.1, 0.15) is 10.4 Å². The van der Waals surface area contributed by atoms with E-state index in [2.05, 4.69) is 33.5 Å². The first-order chi connectivity index (χ1) is 7.08. The van der Waals surface area contributed by atoms with Crippen molar-refractivity contribution in [2.24, 2.45) is 0 Å². The number of thiol groups is 1. The lowest BCUT2D eigenvalue weighted by Crippen LogP contribution is -2.25. The molecule has 1 atom stereocenters. The van der Waals surface area contributed by atoms with Crippen molar-refractivity contribution in [3.05, 3.63) is 16.7 Å². The second-order valence-corrected chi connectivity index (χ2v) is 4.94. The van der Waals surface area contributed by atoms with Crippen LogP contribution in [0.5, 0.6) is 0 Å². The molecule has 1 aliphatic rings. The number of amides is 1. The van der Waals surface area contributed by atoms with Crippen LogP contribution in [0.3, 0.4) is 0 Å². The zero-order chi connectivity index (χ0) is 11.0. The predicted molar refractivity (Wildman–Crippen MR) is 66.1 cm³/mol. The summed E-state index contributed by atoms with van der Waals surface area (Å²) in [5.74, 6) is 0.408. The molecular formula is C9H10BrN3OS. The fraction of sp³-hybridized carbons (Fsp3) is 0.333. The number of nitrogen functional groups attached to an aromatic ring is 1. The molecule has 1 saturated heterocycles. The van der Waals surface area contributed by atoms with Gasteiger partial charge in [0.05, 0.1) is 5.69 Å². The number of nitrogens with zero attached hydrogens (tertiary/aromatic N) is 2. The highest BCUT2D eigenvalue weighted by molar-refractivity contribution is 9.10. The van der Waals surface area contributed by atoms with Crippen LogP contribution in [-0.2, 0) is 4.79 Å². The zero-order valence-electron chi connectivity index (χ0n) is 7.85. The summed E-state index contributed by atoms with van der Waals surface area (Å²) in [6.45, 7) is 0.593. The molecular weight excluding hydrogens is 278 g/mol. The van der Waals surface area contributed by atoms with Crippen molar-refractivity contribution in [1.82, 2.24) is 4.98 Å². The van der Waals surface area contributed by atoms with Crippen molar-refractivity contribution in [2.45, 2.75) is 11.7 Å². The Bertz CT molecular complexity index is 412. The highest BCUT2D eigenvalue weighted by Gasteiger charge is 2.29. The summed E-state index contributed by atoms with van der Waals surface area (Å²) in [7, 11) is 0. The number of carbonyl (C=O) groups excluding carboxylic acids is 1. The minimum Gasteiger partial charge on any atom is -0.382 e. The fourth-order valence-electron chi connectivity index (χ4n) is 1.59. The summed E-state index contributed by atoms with van der Waals surface area (Å²) in [4.78, 5) is 17.3. The van der Waals surface area contributed by atoms with E-state index < -0.39 is 0 Å². The largest absolute Gasteiger partial charge is 0.382 e. The molecule has 0 bridgehead atoms. The Balaban J connectivity index is 2.34. The van der Waals surface area contributed by atoms with Gasteiger partial charge in [-0.1, -0.05) is 0 Å². The number of nitrogens with two attached hydrogens (primary N) is 1. The number of aromatic nitrogens is 1. The monoisotopic (exact) mass is 287 g/mol. The maximum Gasteiger partial charge on any atom is 0.228 e. The maximum absolute atomic E-state index is 11.6. The number of halogens is 1. The molecule has 4 nitrogen and oxygen atoms in total. The average Bonchev–Trinajstić information content (AvgIpc) is 2.45. The molecule has 0 aliphatic carbocycles. The van der Waals surface area contributed by atoms with Crippen molar-refractivity contribution in [3.63, 3.8) is 0 Å². The Morgan fingerprint density at radius 1 is 1.60 bits per heavy atom. The molecule has 1 fully saturated rings. The van der Waals surface area contributed by atoms with Crippen LogP contribution in [0.4, 0.5) is 11.5 Å². The minimum atomic E-state index is 0.0471. The molecule has 1 amide bonds. The van der Waals surface area contributed by atoms with Crippen molar-refractivity contribution in [3.8, 4) is 0 Å². The highest BCUT2D eigenvalue weighted by Crippen LogP contribution is 2.28. The van der Waals surface area contributed by atoms with Gasteiger partial charge in [-0.05, 0) is 28.1 Å². The molecule has 0 aromatic carbocycles. The Morgan fingerprint density at radius 3 is 2.87 bits per heavy atom. The molecule has 2 rings (SSSR count). The van der Waals surface area contributed by atoms with Gasteiger partial charge in [0.2, 0.25) is 5.91 Å². The van der Waals surface area contributed by atoms with E-state index in [0.717, 1.165) is 0 Å². The van der Waals surface area contributed by atoms with Crippen LogP contribution in [0.2, 0.25) is 0 Å². The number of hydrogen-bond acceptors (Lipinski definition) is 4. The van der Waals surface area contributed by atoms with E-state index in [1.807, 2.05) is 0 Å². The molecule has 0 spiro atoms. The first kappa shape index (κ1) is 10.8. The van der Waals surface area contributed by atoms with Crippen molar-refractivity contribution < 1.29 is 4.79 Å². The van der Waals surface area contributed by atoms with Gasteiger partial charge in [-0.15, -0.1) is 0 Å². The zero-order valence-corrected chi connectivity index (χ0v) is 10.3. The summed E-state index contributed by atoms with van der Waals surface area (Å²) in [6, 6.07) is 3.56. The standard InChI is InChI=1S/C9H10BrN3OS/c10-7-2-1-6(9(11)12-7)13-4-5(15)3-8(13)14/h1-2,5,15H,3-4H2,(H2,11,12). The quantitative estimate of drug-likeness (QED) is 0.607. The van der Waals surface area contributed by atoms with Gasteiger partial charge in [-0.25, -0.2) is 4.98 Å². The second-order valence-electron chi connectivity index (χ2n) is 3.40. The van der Waals surface area contributed by atoms with E-state index in [0.29, 0.717) is 29.1 Å². The summed E-state index contributed by atoms with van der Waals surface area (Å²) in [5.41, 5.74) is 6.42. The van der Waals surface area contributed by atoms with Gasteiger partial charge in [-0.2, -0.15) is 12.6 Å². The van der Waals surface area contributed by atoms with E-state index in [9.17, 15) is 4.79 Å². The Morgan fingerprint density at radius 2 is 2.33 bits per heavy atom. The molecule has 80 valence electrons. The van der Waals surface area contributed by atoms with E-state index in [1.165, 1.54) is 0 Å². The number of pyridine rings is 1. The third kappa shape index (κ3) is 2.10. The third-order valence-corrected chi connectivity index (χ3v) is 3.05. The van der Waals surface area contributed by atoms with Crippen molar-refractivity contribution in [1.29, 1.82) is 0 Å². The van der Waals surface area contributed by atoms with E-state index in [-0.39, 0.29) is 11.2 Å². The molecule has 1 aromatic rings. The number of anilines is 2. The number of hydrogen-bond donors (Lipinski definition) is 2. The molecule has 1 aromatic heterocycles. The normalized spacial score (nSPS) is 21.1. The Labute approximate surface area is 101 Å². The van der Waals surface area contributed by atoms with E-state index in [1.54, 1.807) is 17.0 Å². The lowest BCUT2D eigenvalue weighted by atomic mass is 10.3. The number of carbonyl (C=O) groups is 1. The van der Waals surface area contributed by atoms with Gasteiger partial charge in [0.15, 0.2) is 0 Å². The molecule has 1 aliphatic heterocycles. The van der Waals surface area contributed by atoms with Crippen LogP contribution in [-0.4, -0.2) is 22.7 Å². The van der Waals surface area contributed by atoms with E-state index >= 15 is 0 Å². The molecule has 2 N–H and O–H groups in total. The Hall–Kier alpha value is -0.750.